The van der Waals surface area contributed by atoms with Crippen molar-refractivity contribution < 1.29 is 4.79 Å². The summed E-state index contributed by atoms with van der Waals surface area (Å²) in [4.78, 5) is 37.6. The lowest BCUT2D eigenvalue weighted by molar-refractivity contribution is -0.132. The summed E-state index contributed by atoms with van der Waals surface area (Å²) in [5, 5.41) is 3.92. The van der Waals surface area contributed by atoms with E-state index in [-0.39, 0.29) is 11.5 Å². The fourth-order valence-electron chi connectivity index (χ4n) is 2.93. The Bertz CT molecular complexity index is 807. The van der Waals surface area contributed by atoms with Gasteiger partial charge in [-0.1, -0.05) is 0 Å². The molecule has 1 aliphatic rings. The first-order valence-electron chi connectivity index (χ1n) is 8.11. The second-order valence-corrected chi connectivity index (χ2v) is 7.48. The molecule has 0 aromatic carbocycles. The first kappa shape index (κ1) is 17.1. The maximum absolute atomic E-state index is 12.3. The fraction of sp³-hybridized carbons (Fsp3) is 0.562. The van der Waals surface area contributed by atoms with Crippen molar-refractivity contribution in [2.24, 2.45) is 0 Å². The van der Waals surface area contributed by atoms with Crippen molar-refractivity contribution in [3.63, 3.8) is 0 Å². The molecule has 0 radical (unpaired) electrons. The standard InChI is InChI=1S/C16H23N5O2S/c1-10-11(2)24-16-14(10)15(23)18-12(19-16)8-20(3)9-13(22)21-6-4-17-5-7-21/h17H,4-9H2,1-3H3,(H,18,19,23). The minimum Gasteiger partial charge on any atom is -0.339 e. The van der Waals surface area contributed by atoms with Crippen LogP contribution in [0.15, 0.2) is 4.79 Å². The molecule has 1 aliphatic heterocycles. The predicted octanol–water partition coefficient (Wildman–Crippen LogP) is 0.465. The van der Waals surface area contributed by atoms with E-state index >= 15 is 0 Å². The van der Waals surface area contributed by atoms with E-state index in [1.54, 1.807) is 0 Å². The fourth-order valence-corrected chi connectivity index (χ4v) is 3.98. The Morgan fingerprint density at radius 3 is 2.75 bits per heavy atom. The number of H-pyrrole nitrogens is 1. The van der Waals surface area contributed by atoms with Gasteiger partial charge in [0.25, 0.3) is 5.56 Å². The zero-order valence-corrected chi connectivity index (χ0v) is 15.1. The number of piperazine rings is 1. The molecule has 1 fully saturated rings. The summed E-state index contributed by atoms with van der Waals surface area (Å²) in [6, 6.07) is 0. The van der Waals surface area contributed by atoms with Gasteiger partial charge in [-0.2, -0.15) is 0 Å². The quantitative estimate of drug-likeness (QED) is 0.838. The average Bonchev–Trinajstić information content (AvgIpc) is 2.82. The SMILES string of the molecule is Cc1sc2nc(CN(C)CC(=O)N3CCNCC3)[nH]c(=O)c2c1C. The monoisotopic (exact) mass is 349 g/mol. The highest BCUT2D eigenvalue weighted by Crippen LogP contribution is 2.25. The van der Waals surface area contributed by atoms with Crippen molar-refractivity contribution in [2.45, 2.75) is 20.4 Å². The van der Waals surface area contributed by atoms with Crippen molar-refractivity contribution in [3.8, 4) is 0 Å². The molecule has 0 unspecified atom stereocenters. The number of rotatable bonds is 4. The Morgan fingerprint density at radius 2 is 2.04 bits per heavy atom. The largest absolute Gasteiger partial charge is 0.339 e. The molecular weight excluding hydrogens is 326 g/mol. The van der Waals surface area contributed by atoms with Gasteiger partial charge in [0.1, 0.15) is 10.7 Å². The van der Waals surface area contributed by atoms with Gasteiger partial charge in [-0.25, -0.2) is 4.98 Å². The molecule has 0 aliphatic carbocycles. The van der Waals surface area contributed by atoms with Crippen LogP contribution in [0.25, 0.3) is 10.2 Å². The van der Waals surface area contributed by atoms with Crippen LogP contribution < -0.4 is 10.9 Å². The van der Waals surface area contributed by atoms with Gasteiger partial charge in [-0.3, -0.25) is 14.5 Å². The summed E-state index contributed by atoms with van der Waals surface area (Å²) in [6.07, 6.45) is 0. The maximum Gasteiger partial charge on any atom is 0.259 e. The first-order valence-corrected chi connectivity index (χ1v) is 8.93. The van der Waals surface area contributed by atoms with Crippen molar-refractivity contribution >= 4 is 27.5 Å². The zero-order chi connectivity index (χ0) is 17.3. The van der Waals surface area contributed by atoms with Gasteiger partial charge in [0, 0.05) is 31.1 Å². The molecule has 24 heavy (non-hydrogen) atoms. The third-order valence-corrected chi connectivity index (χ3v) is 5.48. The van der Waals surface area contributed by atoms with Crippen LogP contribution >= 0.6 is 11.3 Å². The number of aryl methyl sites for hydroxylation is 2. The average molecular weight is 349 g/mol. The van der Waals surface area contributed by atoms with E-state index in [0.717, 1.165) is 41.5 Å². The van der Waals surface area contributed by atoms with Crippen LogP contribution in [0.3, 0.4) is 0 Å². The number of hydrogen-bond donors (Lipinski definition) is 2. The number of carbonyl (C=O) groups excluding carboxylic acids is 1. The molecular formula is C16H23N5O2S. The van der Waals surface area contributed by atoms with Crippen LogP contribution in [0.2, 0.25) is 0 Å². The zero-order valence-electron chi connectivity index (χ0n) is 14.3. The number of fused-ring (bicyclic) bond motifs is 1. The van der Waals surface area contributed by atoms with Crippen LogP contribution in [0.5, 0.6) is 0 Å². The normalized spacial score (nSPS) is 15.4. The van der Waals surface area contributed by atoms with E-state index in [1.165, 1.54) is 11.3 Å². The Labute approximate surface area is 144 Å². The lowest BCUT2D eigenvalue weighted by Crippen LogP contribution is -2.49. The molecule has 2 aromatic rings. The predicted molar refractivity (Wildman–Crippen MR) is 95.5 cm³/mol. The Hall–Kier alpha value is -1.77. The van der Waals surface area contributed by atoms with Crippen molar-refractivity contribution in [1.82, 2.24) is 25.1 Å². The summed E-state index contributed by atoms with van der Waals surface area (Å²) >= 11 is 1.54. The summed E-state index contributed by atoms with van der Waals surface area (Å²) in [5.41, 5.74) is 0.899. The summed E-state index contributed by atoms with van der Waals surface area (Å²) in [6.45, 7) is 7.91. The maximum atomic E-state index is 12.3. The molecule has 1 saturated heterocycles. The van der Waals surface area contributed by atoms with E-state index < -0.39 is 0 Å². The van der Waals surface area contributed by atoms with Gasteiger partial charge in [0.05, 0.1) is 18.5 Å². The Morgan fingerprint density at radius 1 is 1.33 bits per heavy atom. The van der Waals surface area contributed by atoms with Crippen LogP contribution in [0, 0.1) is 13.8 Å². The van der Waals surface area contributed by atoms with Crippen molar-refractivity contribution in [3.05, 3.63) is 26.6 Å². The molecule has 2 N–H and O–H groups in total. The molecule has 2 aromatic heterocycles. The summed E-state index contributed by atoms with van der Waals surface area (Å²) in [5.74, 6) is 0.717. The minimum atomic E-state index is -0.0984. The number of aromatic amines is 1. The van der Waals surface area contributed by atoms with Crippen LogP contribution in [0.4, 0.5) is 0 Å². The molecule has 1 amide bonds. The highest BCUT2D eigenvalue weighted by molar-refractivity contribution is 7.18. The number of amides is 1. The minimum absolute atomic E-state index is 0.0984. The van der Waals surface area contributed by atoms with Gasteiger partial charge in [-0.05, 0) is 26.5 Å². The van der Waals surface area contributed by atoms with Gasteiger partial charge < -0.3 is 15.2 Å². The number of hydrogen-bond acceptors (Lipinski definition) is 6. The smallest absolute Gasteiger partial charge is 0.259 e. The van der Waals surface area contributed by atoms with Crippen molar-refractivity contribution in [1.29, 1.82) is 0 Å². The summed E-state index contributed by atoms with van der Waals surface area (Å²) in [7, 11) is 1.87. The number of nitrogens with one attached hydrogen (secondary N) is 2. The molecule has 0 spiro atoms. The van der Waals surface area contributed by atoms with E-state index in [0.29, 0.717) is 24.3 Å². The molecule has 130 valence electrons. The van der Waals surface area contributed by atoms with Gasteiger partial charge >= 0.3 is 0 Å². The Kier molecular flexibility index (Phi) is 4.98. The molecule has 0 atom stereocenters. The molecule has 8 heteroatoms. The Balaban J connectivity index is 1.70. The topological polar surface area (TPSA) is 81.3 Å². The number of likely N-dealkylation sites (N-methyl/N-ethyl adjacent to an activating group) is 1. The highest BCUT2D eigenvalue weighted by atomic mass is 32.1. The van der Waals surface area contributed by atoms with E-state index in [2.05, 4.69) is 15.3 Å². The van der Waals surface area contributed by atoms with Gasteiger partial charge in [-0.15, -0.1) is 11.3 Å². The van der Waals surface area contributed by atoms with E-state index in [1.807, 2.05) is 30.7 Å². The number of thiophene rings is 1. The molecule has 7 nitrogen and oxygen atoms in total. The van der Waals surface area contributed by atoms with Crippen LogP contribution in [0.1, 0.15) is 16.3 Å². The van der Waals surface area contributed by atoms with Gasteiger partial charge in [0.2, 0.25) is 5.91 Å². The second kappa shape index (κ2) is 7.00. The first-order chi connectivity index (χ1) is 11.5. The highest BCUT2D eigenvalue weighted by Gasteiger charge is 2.18. The third kappa shape index (κ3) is 3.50. The second-order valence-electron chi connectivity index (χ2n) is 6.28. The van der Waals surface area contributed by atoms with Crippen LogP contribution in [-0.4, -0.2) is 65.4 Å². The van der Waals surface area contributed by atoms with E-state index in [9.17, 15) is 9.59 Å². The lowest BCUT2D eigenvalue weighted by Gasteiger charge is -2.29. The van der Waals surface area contributed by atoms with Crippen molar-refractivity contribution in [2.75, 3.05) is 39.8 Å². The summed E-state index contributed by atoms with van der Waals surface area (Å²) < 4.78 is 0. The molecule has 3 rings (SSSR count). The number of aromatic nitrogens is 2. The number of nitrogens with zero attached hydrogens (tertiary/aromatic N) is 3. The molecule has 3 heterocycles. The van der Waals surface area contributed by atoms with Crippen LogP contribution in [-0.2, 0) is 11.3 Å². The van der Waals surface area contributed by atoms with E-state index in [4.69, 9.17) is 0 Å². The lowest BCUT2D eigenvalue weighted by atomic mass is 10.2. The van der Waals surface area contributed by atoms with Gasteiger partial charge in [0.15, 0.2) is 0 Å². The number of carbonyl (C=O) groups is 1. The third-order valence-electron chi connectivity index (χ3n) is 4.38. The molecule has 0 bridgehead atoms. The molecule has 0 saturated carbocycles.